The largest absolute Gasteiger partial charge is 0.356 e. The molecule has 1 N–H and O–H groups in total. The first-order valence-electron chi connectivity index (χ1n) is 8.82. The van der Waals surface area contributed by atoms with Crippen molar-refractivity contribution in [3.63, 3.8) is 0 Å². The first kappa shape index (κ1) is 17.4. The normalized spacial score (nSPS) is 17.6. The molecule has 1 aliphatic rings. The van der Waals surface area contributed by atoms with Crippen LogP contribution in [-0.4, -0.2) is 29.0 Å². The van der Waals surface area contributed by atoms with Gasteiger partial charge in [0.15, 0.2) is 0 Å². The molecule has 1 saturated heterocycles. The van der Waals surface area contributed by atoms with Crippen molar-refractivity contribution in [3.8, 4) is 0 Å². The Kier molecular flexibility index (Phi) is 4.75. The molecular formula is C20H26N4O. The van der Waals surface area contributed by atoms with Gasteiger partial charge in [-0.3, -0.25) is 9.78 Å². The van der Waals surface area contributed by atoms with Crippen molar-refractivity contribution in [2.24, 2.45) is 5.92 Å². The highest BCUT2D eigenvalue weighted by Crippen LogP contribution is 2.23. The molecule has 0 radical (unpaired) electrons. The zero-order chi connectivity index (χ0) is 18.0. The minimum Gasteiger partial charge on any atom is -0.356 e. The minimum atomic E-state index is -0.497. The Labute approximate surface area is 149 Å². The molecule has 0 spiro atoms. The van der Waals surface area contributed by atoms with Crippen LogP contribution in [0.5, 0.6) is 0 Å². The number of aryl methyl sites for hydroxylation is 1. The third-order valence-electron chi connectivity index (χ3n) is 4.81. The third kappa shape index (κ3) is 3.98. The van der Waals surface area contributed by atoms with Crippen LogP contribution in [-0.2, 0) is 5.54 Å². The average molecular weight is 338 g/mol. The molecule has 25 heavy (non-hydrogen) atoms. The Hall–Kier alpha value is -2.43. The lowest BCUT2D eigenvalue weighted by Crippen LogP contribution is -2.41. The molecule has 2 aromatic heterocycles. The van der Waals surface area contributed by atoms with Crippen LogP contribution in [0.4, 0.5) is 5.82 Å². The van der Waals surface area contributed by atoms with Gasteiger partial charge in [-0.2, -0.15) is 0 Å². The van der Waals surface area contributed by atoms with Crippen molar-refractivity contribution in [1.29, 1.82) is 0 Å². The van der Waals surface area contributed by atoms with E-state index in [2.05, 4.69) is 27.1 Å². The van der Waals surface area contributed by atoms with Crippen molar-refractivity contribution in [3.05, 3.63) is 53.5 Å². The van der Waals surface area contributed by atoms with Crippen LogP contribution in [0, 0.1) is 12.8 Å². The number of carbonyl (C=O) groups excluding carboxylic acids is 1. The summed E-state index contributed by atoms with van der Waals surface area (Å²) in [6.45, 7) is 10.2. The van der Waals surface area contributed by atoms with Gasteiger partial charge in [-0.25, -0.2) is 4.98 Å². The topological polar surface area (TPSA) is 58.1 Å². The van der Waals surface area contributed by atoms with Crippen LogP contribution in [0.25, 0.3) is 0 Å². The summed E-state index contributed by atoms with van der Waals surface area (Å²) in [5.74, 6) is 1.46. The summed E-state index contributed by atoms with van der Waals surface area (Å²) in [7, 11) is 0. The van der Waals surface area contributed by atoms with E-state index in [9.17, 15) is 4.79 Å². The Morgan fingerprint density at radius 1 is 1.28 bits per heavy atom. The monoisotopic (exact) mass is 338 g/mol. The molecule has 0 bridgehead atoms. The van der Waals surface area contributed by atoms with Gasteiger partial charge in [-0.15, -0.1) is 0 Å². The fourth-order valence-electron chi connectivity index (χ4n) is 3.14. The SMILES string of the molecule is Cc1ccc(C(C)(C)NC(=O)c2ccnc(N3CC[C@H](C)C3)c2)cn1. The number of carbonyl (C=O) groups is 1. The molecule has 1 amide bonds. The van der Waals surface area contributed by atoms with Crippen molar-refractivity contribution in [1.82, 2.24) is 15.3 Å². The molecule has 3 rings (SSSR count). The molecule has 1 fully saturated rings. The number of pyridine rings is 2. The first-order chi connectivity index (χ1) is 11.8. The van der Waals surface area contributed by atoms with Crippen molar-refractivity contribution < 1.29 is 4.79 Å². The predicted molar refractivity (Wildman–Crippen MR) is 99.7 cm³/mol. The second kappa shape index (κ2) is 6.82. The van der Waals surface area contributed by atoms with Crippen LogP contribution in [0.2, 0.25) is 0 Å². The summed E-state index contributed by atoms with van der Waals surface area (Å²) >= 11 is 0. The Balaban J connectivity index is 1.75. The summed E-state index contributed by atoms with van der Waals surface area (Å²) in [5.41, 5.74) is 2.08. The highest BCUT2D eigenvalue weighted by molar-refractivity contribution is 5.95. The maximum absolute atomic E-state index is 12.8. The van der Waals surface area contributed by atoms with E-state index >= 15 is 0 Å². The van der Waals surface area contributed by atoms with Gasteiger partial charge in [0, 0.05) is 36.7 Å². The van der Waals surface area contributed by atoms with Crippen LogP contribution in [0.1, 0.15) is 48.8 Å². The van der Waals surface area contributed by atoms with Crippen LogP contribution in [0.3, 0.4) is 0 Å². The smallest absolute Gasteiger partial charge is 0.252 e. The van der Waals surface area contributed by atoms with E-state index in [4.69, 9.17) is 0 Å². The highest BCUT2D eigenvalue weighted by atomic mass is 16.1. The van der Waals surface area contributed by atoms with Crippen molar-refractivity contribution in [2.75, 3.05) is 18.0 Å². The molecule has 132 valence electrons. The second-order valence-corrected chi connectivity index (χ2v) is 7.51. The van der Waals surface area contributed by atoms with Gasteiger partial charge in [0.25, 0.3) is 5.91 Å². The lowest BCUT2D eigenvalue weighted by molar-refractivity contribution is 0.0912. The molecule has 0 aliphatic carbocycles. The lowest BCUT2D eigenvalue weighted by atomic mass is 9.95. The van der Waals surface area contributed by atoms with Crippen LogP contribution < -0.4 is 10.2 Å². The van der Waals surface area contributed by atoms with E-state index in [1.54, 1.807) is 12.3 Å². The minimum absolute atomic E-state index is 0.0959. The molecule has 5 nitrogen and oxygen atoms in total. The standard InChI is InChI=1S/C20H26N4O/c1-14-8-10-24(13-14)18-11-16(7-9-21-18)19(25)23-20(3,4)17-6-5-15(2)22-12-17/h5-7,9,11-12,14H,8,10,13H2,1-4H3,(H,23,25)/t14-/m0/s1. The van der Waals surface area contributed by atoms with Gasteiger partial charge >= 0.3 is 0 Å². The number of anilines is 1. The van der Waals surface area contributed by atoms with Gasteiger partial charge in [-0.1, -0.05) is 13.0 Å². The third-order valence-corrected chi connectivity index (χ3v) is 4.81. The molecular weight excluding hydrogens is 312 g/mol. The summed E-state index contributed by atoms with van der Waals surface area (Å²) in [5, 5.41) is 3.11. The Bertz CT molecular complexity index is 755. The highest BCUT2D eigenvalue weighted by Gasteiger charge is 2.25. The second-order valence-electron chi connectivity index (χ2n) is 7.51. The predicted octanol–water partition coefficient (Wildman–Crippen LogP) is 3.30. The van der Waals surface area contributed by atoms with Crippen molar-refractivity contribution >= 4 is 11.7 Å². The van der Waals surface area contributed by atoms with Gasteiger partial charge in [0.2, 0.25) is 0 Å². The van der Waals surface area contributed by atoms with Gasteiger partial charge in [0.05, 0.1) is 5.54 Å². The molecule has 5 heteroatoms. The number of aromatic nitrogens is 2. The molecule has 1 aliphatic heterocycles. The first-order valence-corrected chi connectivity index (χ1v) is 8.82. The number of hydrogen-bond acceptors (Lipinski definition) is 4. The molecule has 3 heterocycles. The Morgan fingerprint density at radius 2 is 2.08 bits per heavy atom. The van der Waals surface area contributed by atoms with Gasteiger partial charge < -0.3 is 10.2 Å². The zero-order valence-electron chi connectivity index (χ0n) is 15.4. The van der Waals surface area contributed by atoms with Gasteiger partial charge in [-0.05, 0) is 56.9 Å². The number of amides is 1. The summed E-state index contributed by atoms with van der Waals surface area (Å²) in [6, 6.07) is 7.62. The molecule has 0 unspecified atom stereocenters. The molecule has 2 aromatic rings. The number of hydrogen-bond donors (Lipinski definition) is 1. The van der Waals surface area contributed by atoms with Crippen molar-refractivity contribution in [2.45, 2.75) is 39.7 Å². The summed E-state index contributed by atoms with van der Waals surface area (Å²) in [6.07, 6.45) is 4.71. The van der Waals surface area contributed by atoms with Crippen LogP contribution >= 0.6 is 0 Å². The number of rotatable bonds is 4. The average Bonchev–Trinajstić information content (AvgIpc) is 3.01. The number of nitrogens with zero attached hydrogens (tertiary/aromatic N) is 3. The fourth-order valence-corrected chi connectivity index (χ4v) is 3.14. The van der Waals surface area contributed by atoms with E-state index < -0.39 is 5.54 Å². The maximum atomic E-state index is 12.8. The van der Waals surface area contributed by atoms with E-state index in [1.807, 2.05) is 45.2 Å². The van der Waals surface area contributed by atoms with E-state index in [0.29, 0.717) is 11.5 Å². The van der Waals surface area contributed by atoms with E-state index in [1.165, 1.54) is 6.42 Å². The maximum Gasteiger partial charge on any atom is 0.252 e. The van der Waals surface area contributed by atoms with E-state index in [-0.39, 0.29) is 5.91 Å². The van der Waals surface area contributed by atoms with E-state index in [0.717, 1.165) is 30.2 Å². The lowest BCUT2D eigenvalue weighted by Gasteiger charge is -2.27. The molecule has 0 saturated carbocycles. The number of nitrogens with one attached hydrogen (secondary N) is 1. The molecule has 0 aromatic carbocycles. The van der Waals surface area contributed by atoms with Crippen LogP contribution in [0.15, 0.2) is 36.7 Å². The summed E-state index contributed by atoms with van der Waals surface area (Å²) < 4.78 is 0. The Morgan fingerprint density at radius 3 is 2.72 bits per heavy atom. The van der Waals surface area contributed by atoms with Gasteiger partial charge in [0.1, 0.15) is 5.82 Å². The summed E-state index contributed by atoms with van der Waals surface area (Å²) in [4.78, 5) is 23.8. The zero-order valence-corrected chi connectivity index (χ0v) is 15.4. The fraction of sp³-hybridized carbons (Fsp3) is 0.450. The quantitative estimate of drug-likeness (QED) is 0.929. The molecule has 1 atom stereocenters.